The molecule has 2 rings (SSSR count). The Kier molecular flexibility index (Phi) is 4.06. The second-order valence-corrected chi connectivity index (χ2v) is 5.16. The van der Waals surface area contributed by atoms with Gasteiger partial charge < -0.3 is 10.0 Å². The number of phenolic OH excluding ortho intramolecular Hbond substituents is 1. The molecule has 0 amide bonds. The standard InChI is InChI=1S/C15H23NO/c1-3-8-16-9-6-13(7-10-16)14-4-5-15(17)12(2)11-14/h4-5,11,13,17H,3,6-10H2,1-2H3. The molecule has 1 aromatic rings. The SMILES string of the molecule is CCCN1CCC(c2ccc(O)c(C)c2)CC1. The van der Waals surface area contributed by atoms with Crippen LogP contribution in [0.4, 0.5) is 0 Å². The summed E-state index contributed by atoms with van der Waals surface area (Å²) in [7, 11) is 0. The lowest BCUT2D eigenvalue weighted by molar-refractivity contribution is 0.212. The summed E-state index contributed by atoms with van der Waals surface area (Å²) >= 11 is 0. The zero-order chi connectivity index (χ0) is 12.3. The summed E-state index contributed by atoms with van der Waals surface area (Å²) in [5.41, 5.74) is 2.40. The van der Waals surface area contributed by atoms with Crippen molar-refractivity contribution in [3.8, 4) is 5.75 Å². The molecule has 0 saturated carbocycles. The van der Waals surface area contributed by atoms with Gasteiger partial charge in [0.25, 0.3) is 0 Å². The zero-order valence-electron chi connectivity index (χ0n) is 10.9. The number of hydrogen-bond donors (Lipinski definition) is 1. The van der Waals surface area contributed by atoms with Gasteiger partial charge >= 0.3 is 0 Å². The molecule has 1 aromatic carbocycles. The van der Waals surface area contributed by atoms with Crippen LogP contribution in [-0.2, 0) is 0 Å². The minimum absolute atomic E-state index is 0.414. The first-order valence-corrected chi connectivity index (χ1v) is 6.72. The maximum absolute atomic E-state index is 9.55. The molecule has 0 aromatic heterocycles. The number of rotatable bonds is 3. The number of piperidine rings is 1. The average molecular weight is 233 g/mol. The van der Waals surface area contributed by atoms with Crippen LogP contribution >= 0.6 is 0 Å². The van der Waals surface area contributed by atoms with E-state index in [1.165, 1.54) is 44.5 Å². The van der Waals surface area contributed by atoms with E-state index in [2.05, 4.69) is 24.0 Å². The Labute approximate surface area is 104 Å². The largest absolute Gasteiger partial charge is 0.508 e. The van der Waals surface area contributed by atoms with Crippen LogP contribution in [0, 0.1) is 6.92 Å². The van der Waals surface area contributed by atoms with Gasteiger partial charge in [-0.1, -0.05) is 19.1 Å². The highest BCUT2D eigenvalue weighted by Gasteiger charge is 2.20. The maximum Gasteiger partial charge on any atom is 0.118 e. The lowest BCUT2D eigenvalue weighted by Gasteiger charge is -2.32. The second-order valence-electron chi connectivity index (χ2n) is 5.16. The molecule has 1 aliphatic rings. The summed E-state index contributed by atoms with van der Waals surface area (Å²) in [6.07, 6.45) is 3.76. The van der Waals surface area contributed by atoms with E-state index in [0.29, 0.717) is 11.7 Å². The van der Waals surface area contributed by atoms with Crippen LogP contribution in [0.2, 0.25) is 0 Å². The first kappa shape index (κ1) is 12.4. The van der Waals surface area contributed by atoms with Crippen LogP contribution in [0.3, 0.4) is 0 Å². The summed E-state index contributed by atoms with van der Waals surface area (Å²) in [5, 5.41) is 9.55. The lowest BCUT2D eigenvalue weighted by atomic mass is 9.88. The summed E-state index contributed by atoms with van der Waals surface area (Å²) in [6, 6.07) is 6.07. The fraction of sp³-hybridized carbons (Fsp3) is 0.600. The third-order valence-corrected chi connectivity index (χ3v) is 3.82. The monoisotopic (exact) mass is 233 g/mol. The third-order valence-electron chi connectivity index (χ3n) is 3.82. The Balaban J connectivity index is 1.98. The molecule has 0 spiro atoms. The number of likely N-dealkylation sites (tertiary alicyclic amines) is 1. The van der Waals surface area contributed by atoms with Crippen molar-refractivity contribution in [2.45, 2.75) is 39.0 Å². The molecule has 2 nitrogen and oxygen atoms in total. The molecule has 0 unspecified atom stereocenters. The van der Waals surface area contributed by atoms with Gasteiger partial charge in [-0.05, 0) is 68.9 Å². The first-order chi connectivity index (χ1) is 8.20. The minimum atomic E-state index is 0.414. The molecule has 2 heteroatoms. The molecule has 1 saturated heterocycles. The average Bonchev–Trinajstić information content (AvgIpc) is 2.34. The quantitative estimate of drug-likeness (QED) is 0.866. The molecule has 94 valence electrons. The van der Waals surface area contributed by atoms with Gasteiger partial charge in [0.05, 0.1) is 0 Å². The van der Waals surface area contributed by atoms with E-state index in [4.69, 9.17) is 0 Å². The van der Waals surface area contributed by atoms with Gasteiger partial charge in [-0.25, -0.2) is 0 Å². The van der Waals surface area contributed by atoms with Crippen molar-refractivity contribution in [3.63, 3.8) is 0 Å². The summed E-state index contributed by atoms with van der Waals surface area (Å²) < 4.78 is 0. The predicted octanol–water partition coefficient (Wildman–Crippen LogP) is 3.29. The Morgan fingerprint density at radius 2 is 2.00 bits per heavy atom. The van der Waals surface area contributed by atoms with Gasteiger partial charge in [-0.2, -0.15) is 0 Å². The number of phenols is 1. The van der Waals surface area contributed by atoms with Crippen molar-refractivity contribution in [2.24, 2.45) is 0 Å². The third kappa shape index (κ3) is 3.01. The molecule has 1 fully saturated rings. The Morgan fingerprint density at radius 1 is 1.29 bits per heavy atom. The highest BCUT2D eigenvalue weighted by molar-refractivity contribution is 5.36. The fourth-order valence-electron chi connectivity index (χ4n) is 2.74. The van der Waals surface area contributed by atoms with Crippen molar-refractivity contribution in [1.29, 1.82) is 0 Å². The van der Waals surface area contributed by atoms with E-state index in [9.17, 15) is 5.11 Å². The summed E-state index contributed by atoms with van der Waals surface area (Å²) in [5.74, 6) is 1.10. The van der Waals surface area contributed by atoms with Crippen molar-refractivity contribution in [3.05, 3.63) is 29.3 Å². The Hall–Kier alpha value is -1.02. The first-order valence-electron chi connectivity index (χ1n) is 6.72. The van der Waals surface area contributed by atoms with E-state index in [1.54, 1.807) is 0 Å². The number of benzene rings is 1. The fourth-order valence-corrected chi connectivity index (χ4v) is 2.74. The Morgan fingerprint density at radius 3 is 2.59 bits per heavy atom. The van der Waals surface area contributed by atoms with E-state index in [1.807, 2.05) is 13.0 Å². The molecular formula is C15H23NO. The van der Waals surface area contributed by atoms with E-state index in [-0.39, 0.29) is 0 Å². The zero-order valence-corrected chi connectivity index (χ0v) is 10.9. The van der Waals surface area contributed by atoms with Crippen LogP contribution in [-0.4, -0.2) is 29.6 Å². The minimum Gasteiger partial charge on any atom is -0.508 e. The van der Waals surface area contributed by atoms with Gasteiger partial charge in [0.2, 0.25) is 0 Å². The van der Waals surface area contributed by atoms with Crippen molar-refractivity contribution in [1.82, 2.24) is 4.90 Å². The van der Waals surface area contributed by atoms with E-state index >= 15 is 0 Å². The number of aryl methyl sites for hydroxylation is 1. The highest BCUT2D eigenvalue weighted by atomic mass is 16.3. The molecule has 0 aliphatic carbocycles. The van der Waals surface area contributed by atoms with Crippen LogP contribution in [0.5, 0.6) is 5.75 Å². The molecule has 1 aliphatic heterocycles. The number of aromatic hydroxyl groups is 1. The van der Waals surface area contributed by atoms with Gasteiger partial charge in [-0.3, -0.25) is 0 Å². The molecule has 0 radical (unpaired) electrons. The Bertz CT molecular complexity index is 367. The molecule has 1 heterocycles. The van der Waals surface area contributed by atoms with Crippen LogP contribution < -0.4 is 0 Å². The molecule has 0 bridgehead atoms. The number of hydrogen-bond acceptors (Lipinski definition) is 2. The maximum atomic E-state index is 9.55. The van der Waals surface area contributed by atoms with Gasteiger partial charge in [-0.15, -0.1) is 0 Å². The lowest BCUT2D eigenvalue weighted by Crippen LogP contribution is -2.33. The molecule has 1 N–H and O–H groups in total. The molecule has 17 heavy (non-hydrogen) atoms. The highest BCUT2D eigenvalue weighted by Crippen LogP contribution is 2.30. The topological polar surface area (TPSA) is 23.5 Å². The smallest absolute Gasteiger partial charge is 0.118 e. The molecule has 0 atom stereocenters. The predicted molar refractivity (Wildman–Crippen MR) is 71.5 cm³/mol. The van der Waals surface area contributed by atoms with E-state index in [0.717, 1.165) is 5.56 Å². The van der Waals surface area contributed by atoms with Crippen molar-refractivity contribution < 1.29 is 5.11 Å². The van der Waals surface area contributed by atoms with Crippen LogP contribution in [0.1, 0.15) is 43.2 Å². The summed E-state index contributed by atoms with van der Waals surface area (Å²) in [6.45, 7) is 7.90. The van der Waals surface area contributed by atoms with Gasteiger partial charge in [0.1, 0.15) is 5.75 Å². The van der Waals surface area contributed by atoms with Crippen LogP contribution in [0.25, 0.3) is 0 Å². The van der Waals surface area contributed by atoms with Crippen molar-refractivity contribution in [2.75, 3.05) is 19.6 Å². The van der Waals surface area contributed by atoms with Gasteiger partial charge in [0, 0.05) is 0 Å². The van der Waals surface area contributed by atoms with E-state index < -0.39 is 0 Å². The van der Waals surface area contributed by atoms with Crippen LogP contribution in [0.15, 0.2) is 18.2 Å². The summed E-state index contributed by atoms with van der Waals surface area (Å²) in [4.78, 5) is 2.56. The normalized spacial score (nSPS) is 18.5. The van der Waals surface area contributed by atoms with Gasteiger partial charge in [0.15, 0.2) is 0 Å². The van der Waals surface area contributed by atoms with Crippen molar-refractivity contribution >= 4 is 0 Å². The number of nitrogens with zero attached hydrogens (tertiary/aromatic N) is 1. The second kappa shape index (κ2) is 5.54. The molecular weight excluding hydrogens is 210 g/mol.